The van der Waals surface area contributed by atoms with Crippen molar-refractivity contribution in [3.05, 3.63) is 81.5 Å². The van der Waals surface area contributed by atoms with Crippen LogP contribution in [0, 0.1) is 6.92 Å². The van der Waals surface area contributed by atoms with Crippen LogP contribution in [-0.2, 0) is 13.0 Å². The molecule has 0 bridgehead atoms. The Labute approximate surface area is 179 Å². The Morgan fingerprint density at radius 1 is 1.00 bits per heavy atom. The van der Waals surface area contributed by atoms with Gasteiger partial charge in [-0.25, -0.2) is 4.98 Å². The molecule has 3 N–H and O–H groups in total. The molecular formula is C24H24N4O3. The van der Waals surface area contributed by atoms with Gasteiger partial charge in [-0.1, -0.05) is 17.7 Å². The van der Waals surface area contributed by atoms with Gasteiger partial charge < -0.3 is 20.2 Å². The number of nitrogens with two attached hydrogens (primary N) is 1. The Bertz CT molecular complexity index is 1300. The van der Waals surface area contributed by atoms with Crippen LogP contribution in [0.1, 0.15) is 22.5 Å². The second-order valence-corrected chi connectivity index (χ2v) is 7.38. The zero-order valence-corrected chi connectivity index (χ0v) is 17.7. The van der Waals surface area contributed by atoms with E-state index in [-0.39, 0.29) is 5.56 Å². The summed E-state index contributed by atoms with van der Waals surface area (Å²) in [4.78, 5) is 24.6. The van der Waals surface area contributed by atoms with Crippen molar-refractivity contribution in [2.75, 3.05) is 14.2 Å². The molecule has 0 unspecified atom stereocenters. The number of methoxy groups -OCH3 is 2. The summed E-state index contributed by atoms with van der Waals surface area (Å²) in [6, 6.07) is 13.5. The molecule has 0 fully saturated rings. The number of fused-ring (bicyclic) bond motifs is 1. The van der Waals surface area contributed by atoms with Crippen LogP contribution in [0.3, 0.4) is 0 Å². The number of benzene rings is 2. The number of H-pyrrole nitrogens is 1. The number of aryl methyl sites for hydroxylation is 1. The first-order chi connectivity index (χ1) is 15.0. The molecule has 0 atom stereocenters. The van der Waals surface area contributed by atoms with Crippen molar-refractivity contribution in [1.82, 2.24) is 15.0 Å². The predicted octanol–water partition coefficient (Wildman–Crippen LogP) is 3.36. The van der Waals surface area contributed by atoms with Gasteiger partial charge in [0.1, 0.15) is 5.82 Å². The van der Waals surface area contributed by atoms with E-state index >= 15 is 0 Å². The molecule has 7 heteroatoms. The predicted molar refractivity (Wildman–Crippen MR) is 121 cm³/mol. The lowest BCUT2D eigenvalue weighted by atomic mass is 10.0. The van der Waals surface area contributed by atoms with Crippen molar-refractivity contribution >= 4 is 10.9 Å². The van der Waals surface area contributed by atoms with Crippen molar-refractivity contribution in [1.29, 1.82) is 0 Å². The van der Waals surface area contributed by atoms with Gasteiger partial charge in [-0.05, 0) is 42.3 Å². The maximum Gasteiger partial charge on any atom is 0.258 e. The lowest BCUT2D eigenvalue weighted by molar-refractivity contribution is 0.355. The molecule has 7 nitrogen and oxygen atoms in total. The molecule has 4 aromatic rings. The summed E-state index contributed by atoms with van der Waals surface area (Å²) in [7, 11) is 3.08. The van der Waals surface area contributed by atoms with Gasteiger partial charge in [-0.15, -0.1) is 0 Å². The first kappa shape index (κ1) is 20.6. The monoisotopic (exact) mass is 416 g/mol. The van der Waals surface area contributed by atoms with Crippen molar-refractivity contribution in [2.45, 2.75) is 19.9 Å². The SMILES string of the molecule is COc1cc2nc(Cc3ccc(-c4cc(C)cc(CN)c4)nc3)[nH]c(=O)c2cc1OC. The summed E-state index contributed by atoms with van der Waals surface area (Å²) >= 11 is 0. The van der Waals surface area contributed by atoms with Crippen molar-refractivity contribution < 1.29 is 9.47 Å². The lowest BCUT2D eigenvalue weighted by Gasteiger charge is -2.10. The molecule has 0 spiro atoms. The summed E-state index contributed by atoms with van der Waals surface area (Å²) in [6.45, 7) is 2.54. The number of hydrogen-bond donors (Lipinski definition) is 2. The zero-order chi connectivity index (χ0) is 22.0. The van der Waals surface area contributed by atoms with Gasteiger partial charge >= 0.3 is 0 Å². The van der Waals surface area contributed by atoms with Crippen LogP contribution in [0.25, 0.3) is 22.2 Å². The van der Waals surface area contributed by atoms with Gasteiger partial charge in [0, 0.05) is 30.8 Å². The first-order valence-electron chi connectivity index (χ1n) is 9.91. The lowest BCUT2D eigenvalue weighted by Crippen LogP contribution is -2.12. The fourth-order valence-corrected chi connectivity index (χ4v) is 3.62. The number of aromatic nitrogens is 3. The van der Waals surface area contributed by atoms with Crippen LogP contribution in [0.5, 0.6) is 11.5 Å². The van der Waals surface area contributed by atoms with Crippen LogP contribution in [0.2, 0.25) is 0 Å². The largest absolute Gasteiger partial charge is 0.493 e. The number of aromatic amines is 1. The molecule has 31 heavy (non-hydrogen) atoms. The molecule has 0 amide bonds. The summed E-state index contributed by atoms with van der Waals surface area (Å²) in [5.41, 5.74) is 11.2. The summed E-state index contributed by atoms with van der Waals surface area (Å²) in [5.74, 6) is 1.57. The van der Waals surface area contributed by atoms with E-state index in [1.165, 1.54) is 7.11 Å². The third-order valence-corrected chi connectivity index (χ3v) is 5.12. The van der Waals surface area contributed by atoms with Gasteiger partial charge in [0.05, 0.1) is 30.8 Å². The molecule has 0 saturated carbocycles. The molecule has 0 aliphatic heterocycles. The number of rotatable bonds is 6. The van der Waals surface area contributed by atoms with Gasteiger partial charge in [-0.2, -0.15) is 0 Å². The molecule has 0 aliphatic rings. The molecule has 2 aromatic carbocycles. The Morgan fingerprint density at radius 3 is 2.45 bits per heavy atom. The number of pyridine rings is 1. The minimum Gasteiger partial charge on any atom is -0.493 e. The van der Waals surface area contributed by atoms with Gasteiger partial charge in [0.25, 0.3) is 5.56 Å². The molecule has 0 radical (unpaired) electrons. The maximum absolute atomic E-state index is 12.6. The van der Waals surface area contributed by atoms with E-state index in [1.54, 1.807) is 25.4 Å². The Kier molecular flexibility index (Phi) is 5.68. The number of ether oxygens (including phenoxy) is 2. The van der Waals surface area contributed by atoms with Crippen LogP contribution < -0.4 is 20.8 Å². The fourth-order valence-electron chi connectivity index (χ4n) is 3.62. The van der Waals surface area contributed by atoms with E-state index in [4.69, 9.17) is 15.2 Å². The minimum absolute atomic E-state index is 0.223. The molecule has 0 saturated heterocycles. The smallest absolute Gasteiger partial charge is 0.258 e. The van der Waals surface area contributed by atoms with Gasteiger partial charge in [0.15, 0.2) is 11.5 Å². The number of hydrogen-bond acceptors (Lipinski definition) is 6. The fraction of sp³-hybridized carbons (Fsp3) is 0.208. The van der Waals surface area contributed by atoms with Crippen molar-refractivity contribution in [3.8, 4) is 22.8 Å². The zero-order valence-electron chi connectivity index (χ0n) is 17.7. The van der Waals surface area contributed by atoms with Gasteiger partial charge in [0.2, 0.25) is 0 Å². The second kappa shape index (κ2) is 8.57. The normalized spacial score (nSPS) is 11.0. The summed E-state index contributed by atoms with van der Waals surface area (Å²) in [5, 5.41) is 0.449. The highest BCUT2D eigenvalue weighted by atomic mass is 16.5. The number of nitrogens with one attached hydrogen (secondary N) is 1. The standard InChI is InChI=1S/C24H24N4O3/c1-14-6-16(12-25)8-17(7-14)19-5-4-15(13-26-19)9-23-27-20-11-22(31-3)21(30-2)10-18(20)24(29)28-23/h4-8,10-11,13H,9,12,25H2,1-3H3,(H,27,28,29). The van der Waals surface area contributed by atoms with E-state index in [0.29, 0.717) is 41.2 Å². The van der Waals surface area contributed by atoms with Crippen molar-refractivity contribution in [3.63, 3.8) is 0 Å². The molecule has 2 heterocycles. The third kappa shape index (κ3) is 4.27. The molecular weight excluding hydrogens is 392 g/mol. The topological polar surface area (TPSA) is 103 Å². The molecule has 4 rings (SSSR count). The van der Waals surface area contributed by atoms with Crippen LogP contribution in [0.4, 0.5) is 0 Å². The summed E-state index contributed by atoms with van der Waals surface area (Å²) in [6.07, 6.45) is 2.26. The van der Waals surface area contributed by atoms with Crippen LogP contribution in [-0.4, -0.2) is 29.2 Å². The highest BCUT2D eigenvalue weighted by molar-refractivity contribution is 5.81. The molecule has 158 valence electrons. The Morgan fingerprint density at radius 2 is 1.77 bits per heavy atom. The van der Waals surface area contributed by atoms with E-state index in [0.717, 1.165) is 27.9 Å². The second-order valence-electron chi connectivity index (χ2n) is 7.38. The third-order valence-electron chi connectivity index (χ3n) is 5.12. The minimum atomic E-state index is -0.223. The van der Waals surface area contributed by atoms with Gasteiger partial charge in [-0.3, -0.25) is 9.78 Å². The molecule has 2 aromatic heterocycles. The average Bonchev–Trinajstić information content (AvgIpc) is 2.78. The van der Waals surface area contributed by atoms with Crippen LogP contribution >= 0.6 is 0 Å². The van der Waals surface area contributed by atoms with E-state index in [1.807, 2.05) is 19.1 Å². The quantitative estimate of drug-likeness (QED) is 0.500. The van der Waals surface area contributed by atoms with E-state index < -0.39 is 0 Å². The average molecular weight is 416 g/mol. The first-order valence-corrected chi connectivity index (χ1v) is 9.91. The van der Waals surface area contributed by atoms with Crippen LogP contribution in [0.15, 0.2) is 53.5 Å². The summed E-state index contributed by atoms with van der Waals surface area (Å²) < 4.78 is 10.6. The number of nitrogens with zero attached hydrogens (tertiary/aromatic N) is 2. The van der Waals surface area contributed by atoms with Crippen molar-refractivity contribution in [2.24, 2.45) is 5.73 Å². The highest BCUT2D eigenvalue weighted by Gasteiger charge is 2.12. The highest BCUT2D eigenvalue weighted by Crippen LogP contribution is 2.30. The van der Waals surface area contributed by atoms with E-state index in [2.05, 4.69) is 33.2 Å². The Hall–Kier alpha value is -3.71. The van der Waals surface area contributed by atoms with E-state index in [9.17, 15) is 4.79 Å². The Balaban J connectivity index is 1.63. The maximum atomic E-state index is 12.6. The molecule has 0 aliphatic carbocycles.